The molecule has 0 amide bonds. The van der Waals surface area contributed by atoms with Crippen molar-refractivity contribution in [2.75, 3.05) is 23.9 Å². The van der Waals surface area contributed by atoms with Crippen molar-refractivity contribution in [1.82, 2.24) is 0 Å². The van der Waals surface area contributed by atoms with Crippen LogP contribution in [0.4, 0.5) is 17.1 Å². The Morgan fingerprint density at radius 1 is 1.04 bits per heavy atom. The summed E-state index contributed by atoms with van der Waals surface area (Å²) in [4.78, 5) is 15.6. The number of nitro benzene ring substituents is 1. The predicted octanol–water partition coefficient (Wildman–Crippen LogP) is 4.64. The summed E-state index contributed by atoms with van der Waals surface area (Å²) < 4.78 is 0. The van der Waals surface area contributed by atoms with E-state index in [0.717, 1.165) is 22.9 Å². The van der Waals surface area contributed by atoms with Crippen molar-refractivity contribution < 1.29 is 4.92 Å². The van der Waals surface area contributed by atoms with Crippen LogP contribution >= 0.6 is 0 Å². The maximum Gasteiger partial charge on any atom is 0.293 e. The fraction of sp³-hybridized carbons (Fsp3) is 0.238. The fourth-order valence-electron chi connectivity index (χ4n) is 4.04. The van der Waals surface area contributed by atoms with Crippen molar-refractivity contribution >= 4 is 27.8 Å². The zero-order chi connectivity index (χ0) is 18.4. The van der Waals surface area contributed by atoms with Crippen LogP contribution in [0.2, 0.25) is 0 Å². The Labute approximate surface area is 152 Å². The first kappa shape index (κ1) is 16.4. The molecule has 0 N–H and O–H groups in total. The van der Waals surface area contributed by atoms with Crippen molar-refractivity contribution in [1.29, 1.82) is 0 Å². The monoisotopic (exact) mass is 347 g/mol. The molecule has 0 radical (unpaired) electrons. The molecule has 0 saturated heterocycles. The molecule has 0 aromatic heterocycles. The minimum absolute atomic E-state index is 0.168. The van der Waals surface area contributed by atoms with Crippen molar-refractivity contribution in [3.05, 3.63) is 75.3 Å². The van der Waals surface area contributed by atoms with Gasteiger partial charge in [0.05, 0.1) is 4.92 Å². The van der Waals surface area contributed by atoms with E-state index in [9.17, 15) is 10.1 Å². The molecule has 26 heavy (non-hydrogen) atoms. The van der Waals surface area contributed by atoms with E-state index in [1.54, 1.807) is 6.07 Å². The lowest BCUT2D eigenvalue weighted by atomic mass is 9.92. The zero-order valence-corrected chi connectivity index (χ0v) is 15.2. The molecule has 3 aromatic rings. The van der Waals surface area contributed by atoms with Crippen LogP contribution in [0.5, 0.6) is 0 Å². The predicted molar refractivity (Wildman–Crippen MR) is 106 cm³/mol. The Kier molecular flexibility index (Phi) is 3.80. The van der Waals surface area contributed by atoms with Gasteiger partial charge in [0, 0.05) is 44.3 Å². The zero-order valence-electron chi connectivity index (χ0n) is 15.2. The second kappa shape index (κ2) is 6.02. The van der Waals surface area contributed by atoms with Crippen LogP contribution in [0.25, 0.3) is 10.8 Å². The summed E-state index contributed by atoms with van der Waals surface area (Å²) in [5.41, 5.74) is 5.46. The van der Waals surface area contributed by atoms with Gasteiger partial charge in [0.1, 0.15) is 5.69 Å². The SMILES string of the molecule is Cc1ccccc1N1Cc2cccc3c(N(C)C)c([N+](=O)[O-])cc(c23)C1. The Hall–Kier alpha value is -3.08. The van der Waals surface area contributed by atoms with E-state index in [4.69, 9.17) is 0 Å². The van der Waals surface area contributed by atoms with Crippen LogP contribution in [-0.2, 0) is 13.1 Å². The summed E-state index contributed by atoms with van der Waals surface area (Å²) in [6.45, 7) is 3.58. The number of anilines is 2. The summed E-state index contributed by atoms with van der Waals surface area (Å²) in [5.74, 6) is 0. The summed E-state index contributed by atoms with van der Waals surface area (Å²) in [7, 11) is 3.72. The molecule has 0 bridgehead atoms. The number of rotatable bonds is 3. The molecular formula is C21H21N3O2. The smallest absolute Gasteiger partial charge is 0.293 e. The molecule has 0 spiro atoms. The summed E-state index contributed by atoms with van der Waals surface area (Å²) in [6, 6.07) is 16.2. The van der Waals surface area contributed by atoms with Gasteiger partial charge in [0.2, 0.25) is 0 Å². The number of aryl methyl sites for hydroxylation is 1. The summed E-state index contributed by atoms with van der Waals surface area (Å²) >= 11 is 0. The Morgan fingerprint density at radius 2 is 1.77 bits per heavy atom. The average Bonchev–Trinajstić information content (AvgIpc) is 2.61. The van der Waals surface area contributed by atoms with Gasteiger partial charge in [0.15, 0.2) is 0 Å². The highest BCUT2D eigenvalue weighted by Gasteiger charge is 2.27. The van der Waals surface area contributed by atoms with Crippen LogP contribution in [-0.4, -0.2) is 19.0 Å². The van der Waals surface area contributed by atoms with Gasteiger partial charge in [-0.05, 0) is 35.1 Å². The van der Waals surface area contributed by atoms with Crippen molar-refractivity contribution in [3.63, 3.8) is 0 Å². The topological polar surface area (TPSA) is 49.6 Å². The van der Waals surface area contributed by atoms with Gasteiger partial charge in [-0.2, -0.15) is 0 Å². The lowest BCUT2D eigenvalue weighted by molar-refractivity contribution is -0.384. The fourth-order valence-corrected chi connectivity index (χ4v) is 4.04. The molecule has 0 saturated carbocycles. The average molecular weight is 347 g/mol. The van der Waals surface area contributed by atoms with E-state index in [2.05, 4.69) is 30.0 Å². The summed E-state index contributed by atoms with van der Waals surface area (Å²) in [6.07, 6.45) is 0. The second-order valence-corrected chi connectivity index (χ2v) is 7.04. The number of hydrogen-bond donors (Lipinski definition) is 0. The number of nitrogens with zero attached hydrogens (tertiary/aromatic N) is 3. The number of hydrogen-bond acceptors (Lipinski definition) is 4. The Morgan fingerprint density at radius 3 is 2.46 bits per heavy atom. The number of para-hydroxylation sites is 1. The molecule has 3 aromatic carbocycles. The van der Waals surface area contributed by atoms with Crippen LogP contribution in [0.1, 0.15) is 16.7 Å². The minimum Gasteiger partial charge on any atom is -0.372 e. The first-order valence-electron chi connectivity index (χ1n) is 8.67. The molecule has 0 unspecified atom stereocenters. The van der Waals surface area contributed by atoms with Gasteiger partial charge >= 0.3 is 0 Å². The number of nitro groups is 1. The molecule has 132 valence electrons. The van der Waals surface area contributed by atoms with Crippen molar-refractivity contribution in [3.8, 4) is 0 Å². The van der Waals surface area contributed by atoms with Gasteiger partial charge in [-0.15, -0.1) is 0 Å². The number of benzene rings is 3. The minimum atomic E-state index is -0.273. The third kappa shape index (κ3) is 2.47. The maximum atomic E-state index is 11.7. The van der Waals surface area contributed by atoms with Gasteiger partial charge in [-0.25, -0.2) is 0 Å². The van der Waals surface area contributed by atoms with E-state index >= 15 is 0 Å². The van der Waals surface area contributed by atoms with Crippen molar-refractivity contribution in [2.45, 2.75) is 20.0 Å². The normalized spacial score (nSPS) is 13.1. The molecule has 0 fully saturated rings. The lowest BCUT2D eigenvalue weighted by Crippen LogP contribution is -2.27. The molecule has 1 aliphatic rings. The Bertz CT molecular complexity index is 1030. The van der Waals surface area contributed by atoms with E-state index in [1.807, 2.05) is 43.3 Å². The van der Waals surface area contributed by atoms with Gasteiger partial charge < -0.3 is 9.80 Å². The van der Waals surface area contributed by atoms with Crippen LogP contribution in [0.3, 0.4) is 0 Å². The molecule has 0 atom stereocenters. The molecule has 5 heteroatoms. The van der Waals surface area contributed by atoms with E-state index in [1.165, 1.54) is 16.8 Å². The van der Waals surface area contributed by atoms with Crippen LogP contribution in [0, 0.1) is 17.0 Å². The first-order valence-corrected chi connectivity index (χ1v) is 8.67. The van der Waals surface area contributed by atoms with E-state index in [-0.39, 0.29) is 10.6 Å². The largest absolute Gasteiger partial charge is 0.372 e. The van der Waals surface area contributed by atoms with E-state index in [0.29, 0.717) is 12.2 Å². The highest BCUT2D eigenvalue weighted by atomic mass is 16.6. The lowest BCUT2D eigenvalue weighted by Gasteiger charge is -2.33. The third-order valence-corrected chi connectivity index (χ3v) is 5.10. The van der Waals surface area contributed by atoms with Crippen molar-refractivity contribution in [2.24, 2.45) is 0 Å². The standard InChI is InChI=1S/C21H21N3O2/c1-14-7-4-5-10-18(14)23-12-15-8-6-9-17-20(15)16(13-23)11-19(24(25)26)21(17)22(2)3/h4-11H,12-13H2,1-3H3. The molecule has 1 heterocycles. The first-order chi connectivity index (χ1) is 12.5. The molecular weight excluding hydrogens is 326 g/mol. The van der Waals surface area contributed by atoms with Gasteiger partial charge in [0.25, 0.3) is 5.69 Å². The van der Waals surface area contributed by atoms with Crippen LogP contribution in [0.15, 0.2) is 48.5 Å². The van der Waals surface area contributed by atoms with Crippen LogP contribution < -0.4 is 9.80 Å². The van der Waals surface area contributed by atoms with Gasteiger partial charge in [-0.1, -0.05) is 36.4 Å². The maximum absolute atomic E-state index is 11.7. The third-order valence-electron chi connectivity index (χ3n) is 5.10. The highest BCUT2D eigenvalue weighted by Crippen LogP contribution is 2.42. The molecule has 4 rings (SSSR count). The van der Waals surface area contributed by atoms with Gasteiger partial charge in [-0.3, -0.25) is 10.1 Å². The highest BCUT2D eigenvalue weighted by molar-refractivity contribution is 6.03. The quantitative estimate of drug-likeness (QED) is 0.511. The summed E-state index contributed by atoms with van der Waals surface area (Å²) in [5, 5.41) is 13.8. The Balaban J connectivity index is 1.95. The second-order valence-electron chi connectivity index (χ2n) is 7.04. The molecule has 1 aliphatic heterocycles. The molecule has 5 nitrogen and oxygen atoms in total. The van der Waals surface area contributed by atoms with E-state index < -0.39 is 0 Å². The molecule has 0 aliphatic carbocycles.